The molecular formula is C18H16FNO3. The van der Waals surface area contributed by atoms with Crippen molar-refractivity contribution in [2.75, 3.05) is 12.4 Å². The smallest absolute Gasteiger partial charge is 0.228 e. The molecule has 0 spiro atoms. The van der Waals surface area contributed by atoms with Gasteiger partial charge in [-0.15, -0.1) is 0 Å². The van der Waals surface area contributed by atoms with Gasteiger partial charge in [0.05, 0.1) is 19.8 Å². The molecule has 0 aliphatic carbocycles. The van der Waals surface area contributed by atoms with Gasteiger partial charge in [-0.3, -0.25) is 4.79 Å². The van der Waals surface area contributed by atoms with E-state index in [1.807, 2.05) is 19.1 Å². The minimum Gasteiger partial charge on any atom is -0.497 e. The first-order valence-electron chi connectivity index (χ1n) is 7.17. The Bertz CT molecular complexity index is 870. The molecule has 0 unspecified atom stereocenters. The zero-order valence-electron chi connectivity index (χ0n) is 12.9. The number of anilines is 1. The third-order valence-corrected chi connectivity index (χ3v) is 3.69. The van der Waals surface area contributed by atoms with Crippen LogP contribution in [0, 0.1) is 12.7 Å². The van der Waals surface area contributed by atoms with Crippen molar-refractivity contribution in [3.05, 3.63) is 59.6 Å². The van der Waals surface area contributed by atoms with Crippen LogP contribution >= 0.6 is 0 Å². The average molecular weight is 313 g/mol. The molecule has 3 rings (SSSR count). The van der Waals surface area contributed by atoms with E-state index in [-0.39, 0.29) is 18.1 Å². The number of carbonyl (C=O) groups is 1. The zero-order chi connectivity index (χ0) is 16.4. The van der Waals surface area contributed by atoms with Crippen LogP contribution in [0.25, 0.3) is 11.0 Å². The molecule has 1 amide bonds. The van der Waals surface area contributed by atoms with Crippen LogP contribution < -0.4 is 10.1 Å². The summed E-state index contributed by atoms with van der Waals surface area (Å²) in [4.78, 5) is 12.2. The number of methoxy groups -OCH3 is 1. The Morgan fingerprint density at radius 1 is 1.26 bits per heavy atom. The Morgan fingerprint density at radius 3 is 2.87 bits per heavy atom. The second-order valence-electron chi connectivity index (χ2n) is 5.31. The van der Waals surface area contributed by atoms with Crippen molar-refractivity contribution in [1.29, 1.82) is 0 Å². The molecule has 1 N–H and O–H groups in total. The third kappa shape index (κ3) is 3.18. The number of halogens is 1. The molecule has 0 aliphatic heterocycles. The van der Waals surface area contributed by atoms with Gasteiger partial charge in [-0.25, -0.2) is 4.39 Å². The lowest BCUT2D eigenvalue weighted by Gasteiger charge is -2.08. The Balaban J connectivity index is 1.79. The SMILES string of the molecule is COc1ccc2c(CC(=O)Nc3cc(F)ccc3C)coc2c1. The molecule has 5 heteroatoms. The molecule has 0 bridgehead atoms. The van der Waals surface area contributed by atoms with E-state index >= 15 is 0 Å². The summed E-state index contributed by atoms with van der Waals surface area (Å²) in [5.41, 5.74) is 2.72. The van der Waals surface area contributed by atoms with E-state index in [0.29, 0.717) is 17.0 Å². The summed E-state index contributed by atoms with van der Waals surface area (Å²) in [5.74, 6) is 0.0854. The average Bonchev–Trinajstić information content (AvgIpc) is 2.93. The van der Waals surface area contributed by atoms with Crippen LogP contribution in [0.15, 0.2) is 47.1 Å². The number of benzene rings is 2. The molecule has 4 nitrogen and oxygen atoms in total. The van der Waals surface area contributed by atoms with Crippen molar-refractivity contribution in [2.24, 2.45) is 0 Å². The highest BCUT2D eigenvalue weighted by Crippen LogP contribution is 2.26. The van der Waals surface area contributed by atoms with Gasteiger partial charge in [0.15, 0.2) is 0 Å². The standard InChI is InChI=1S/C18H16FNO3/c1-11-3-4-13(19)8-16(11)20-18(21)7-12-10-23-17-9-14(22-2)5-6-15(12)17/h3-6,8-10H,7H2,1-2H3,(H,20,21). The van der Waals surface area contributed by atoms with E-state index in [9.17, 15) is 9.18 Å². The van der Waals surface area contributed by atoms with Crippen molar-refractivity contribution in [3.8, 4) is 5.75 Å². The molecular weight excluding hydrogens is 297 g/mol. The molecule has 0 saturated heterocycles. The number of fused-ring (bicyclic) bond motifs is 1. The molecule has 0 radical (unpaired) electrons. The van der Waals surface area contributed by atoms with Gasteiger partial charge >= 0.3 is 0 Å². The number of aryl methyl sites for hydroxylation is 1. The van der Waals surface area contributed by atoms with Crippen LogP contribution in [0.4, 0.5) is 10.1 Å². The Hall–Kier alpha value is -2.82. The number of carbonyl (C=O) groups excluding carboxylic acids is 1. The number of nitrogens with one attached hydrogen (secondary N) is 1. The van der Waals surface area contributed by atoms with Crippen molar-refractivity contribution in [3.63, 3.8) is 0 Å². The van der Waals surface area contributed by atoms with Crippen molar-refractivity contribution in [2.45, 2.75) is 13.3 Å². The van der Waals surface area contributed by atoms with Gasteiger partial charge in [0.25, 0.3) is 0 Å². The summed E-state index contributed by atoms with van der Waals surface area (Å²) in [7, 11) is 1.58. The number of rotatable bonds is 4. The number of hydrogen-bond donors (Lipinski definition) is 1. The van der Waals surface area contributed by atoms with Gasteiger partial charge in [0.2, 0.25) is 5.91 Å². The maximum Gasteiger partial charge on any atom is 0.228 e. The third-order valence-electron chi connectivity index (χ3n) is 3.69. The normalized spacial score (nSPS) is 10.7. The highest BCUT2D eigenvalue weighted by atomic mass is 19.1. The zero-order valence-corrected chi connectivity index (χ0v) is 12.9. The highest BCUT2D eigenvalue weighted by molar-refractivity contribution is 5.96. The van der Waals surface area contributed by atoms with Crippen LogP contribution in [-0.2, 0) is 11.2 Å². The molecule has 0 fully saturated rings. The van der Waals surface area contributed by atoms with Crippen LogP contribution in [-0.4, -0.2) is 13.0 Å². The maximum atomic E-state index is 13.3. The van der Waals surface area contributed by atoms with Gasteiger partial charge < -0.3 is 14.5 Å². The number of furan rings is 1. The molecule has 23 heavy (non-hydrogen) atoms. The molecule has 0 saturated carbocycles. The van der Waals surface area contributed by atoms with Crippen LogP contribution in [0.3, 0.4) is 0 Å². The van der Waals surface area contributed by atoms with Crippen LogP contribution in [0.1, 0.15) is 11.1 Å². The summed E-state index contributed by atoms with van der Waals surface area (Å²) < 4.78 is 23.9. The van der Waals surface area contributed by atoms with Gasteiger partial charge in [-0.2, -0.15) is 0 Å². The lowest BCUT2D eigenvalue weighted by molar-refractivity contribution is -0.115. The van der Waals surface area contributed by atoms with Gasteiger partial charge in [0.1, 0.15) is 17.1 Å². The van der Waals surface area contributed by atoms with E-state index in [2.05, 4.69) is 5.32 Å². The minimum absolute atomic E-state index is 0.148. The maximum absolute atomic E-state index is 13.3. The van der Waals surface area contributed by atoms with Crippen molar-refractivity contribution in [1.82, 2.24) is 0 Å². The van der Waals surface area contributed by atoms with E-state index in [0.717, 1.165) is 16.5 Å². The predicted molar refractivity (Wildman–Crippen MR) is 86.2 cm³/mol. The summed E-state index contributed by atoms with van der Waals surface area (Å²) in [6.07, 6.45) is 1.71. The summed E-state index contributed by atoms with van der Waals surface area (Å²) in [6, 6.07) is 9.75. The number of amides is 1. The molecule has 118 valence electrons. The molecule has 0 aliphatic rings. The van der Waals surface area contributed by atoms with E-state index in [1.54, 1.807) is 25.5 Å². The second-order valence-corrected chi connectivity index (χ2v) is 5.31. The molecule has 1 aromatic heterocycles. The fourth-order valence-corrected chi connectivity index (χ4v) is 2.42. The Morgan fingerprint density at radius 2 is 2.09 bits per heavy atom. The molecule has 2 aromatic carbocycles. The highest BCUT2D eigenvalue weighted by Gasteiger charge is 2.12. The van der Waals surface area contributed by atoms with Crippen LogP contribution in [0.2, 0.25) is 0 Å². The summed E-state index contributed by atoms with van der Waals surface area (Å²) in [6.45, 7) is 1.81. The molecule has 0 atom stereocenters. The summed E-state index contributed by atoms with van der Waals surface area (Å²) in [5, 5.41) is 3.59. The van der Waals surface area contributed by atoms with E-state index in [1.165, 1.54) is 12.1 Å². The van der Waals surface area contributed by atoms with Gasteiger partial charge in [-0.05, 0) is 36.8 Å². The number of ether oxygens (including phenoxy) is 1. The van der Waals surface area contributed by atoms with E-state index < -0.39 is 0 Å². The van der Waals surface area contributed by atoms with Crippen molar-refractivity contribution < 1.29 is 18.3 Å². The monoisotopic (exact) mass is 313 g/mol. The number of hydrogen-bond acceptors (Lipinski definition) is 3. The predicted octanol–water partition coefficient (Wildman–Crippen LogP) is 4.07. The fourth-order valence-electron chi connectivity index (χ4n) is 2.42. The Labute approximate surface area is 132 Å². The Kier molecular flexibility index (Phi) is 4.02. The quantitative estimate of drug-likeness (QED) is 0.790. The minimum atomic E-state index is -0.383. The first-order valence-corrected chi connectivity index (χ1v) is 7.17. The van der Waals surface area contributed by atoms with Crippen LogP contribution in [0.5, 0.6) is 5.75 Å². The lowest BCUT2D eigenvalue weighted by Crippen LogP contribution is -2.15. The molecule has 3 aromatic rings. The van der Waals surface area contributed by atoms with Gasteiger partial charge in [-0.1, -0.05) is 6.07 Å². The topological polar surface area (TPSA) is 51.5 Å². The van der Waals surface area contributed by atoms with E-state index in [4.69, 9.17) is 9.15 Å². The van der Waals surface area contributed by atoms with Gasteiger partial charge in [0, 0.05) is 22.7 Å². The molecule has 1 heterocycles. The lowest BCUT2D eigenvalue weighted by atomic mass is 10.1. The first-order chi connectivity index (χ1) is 11.1. The summed E-state index contributed by atoms with van der Waals surface area (Å²) >= 11 is 0. The fraction of sp³-hybridized carbons (Fsp3) is 0.167. The van der Waals surface area contributed by atoms with Crippen molar-refractivity contribution >= 4 is 22.6 Å². The second kappa shape index (κ2) is 6.12. The largest absolute Gasteiger partial charge is 0.497 e. The first kappa shape index (κ1) is 15.1.